The largest absolute Gasteiger partial charge is 0.392 e. The smallest absolute Gasteiger partial charge is 0.0617 e. The molecule has 0 aromatic heterocycles. The summed E-state index contributed by atoms with van der Waals surface area (Å²) >= 11 is 0. The van der Waals surface area contributed by atoms with Crippen LogP contribution in [0.25, 0.3) is 0 Å². The maximum Gasteiger partial charge on any atom is 0.0617 e. The Kier molecular flexibility index (Phi) is 4.09. The van der Waals surface area contributed by atoms with Crippen LogP contribution in [0.2, 0.25) is 0 Å². The minimum absolute atomic E-state index is 0.162. The zero-order valence-electron chi connectivity index (χ0n) is 7.84. The van der Waals surface area contributed by atoms with Gasteiger partial charge in [0, 0.05) is 0 Å². The van der Waals surface area contributed by atoms with E-state index >= 15 is 0 Å². The van der Waals surface area contributed by atoms with Gasteiger partial charge in [0.25, 0.3) is 0 Å². The van der Waals surface area contributed by atoms with Crippen molar-refractivity contribution in [3.05, 3.63) is 23.3 Å². The summed E-state index contributed by atoms with van der Waals surface area (Å²) < 4.78 is 0. The second kappa shape index (κ2) is 5.15. The maximum atomic E-state index is 8.66. The van der Waals surface area contributed by atoms with Gasteiger partial charge in [-0.3, -0.25) is 0 Å². The minimum atomic E-state index is 0.162. The van der Waals surface area contributed by atoms with E-state index in [-0.39, 0.29) is 6.61 Å². The lowest BCUT2D eigenvalue weighted by molar-refractivity contribution is 0.342. The fraction of sp³-hybridized carbons (Fsp3) is 0.636. The van der Waals surface area contributed by atoms with Crippen molar-refractivity contribution in [1.29, 1.82) is 0 Å². The van der Waals surface area contributed by atoms with Crippen LogP contribution in [-0.4, -0.2) is 11.7 Å². The van der Waals surface area contributed by atoms with Crippen molar-refractivity contribution in [2.24, 2.45) is 0 Å². The summed E-state index contributed by atoms with van der Waals surface area (Å²) in [4.78, 5) is 0. The summed E-state index contributed by atoms with van der Waals surface area (Å²) in [7, 11) is 0. The van der Waals surface area contributed by atoms with Gasteiger partial charge in [-0.05, 0) is 32.6 Å². The zero-order chi connectivity index (χ0) is 8.81. The van der Waals surface area contributed by atoms with E-state index < -0.39 is 0 Å². The molecule has 0 radical (unpaired) electrons. The molecule has 1 heteroatoms. The summed E-state index contributed by atoms with van der Waals surface area (Å²) in [6.07, 6.45) is 10.7. The fourth-order valence-electron chi connectivity index (χ4n) is 1.68. The Morgan fingerprint density at radius 2 is 2.00 bits per heavy atom. The van der Waals surface area contributed by atoms with E-state index in [9.17, 15) is 0 Å². The summed E-state index contributed by atoms with van der Waals surface area (Å²) in [5.41, 5.74) is 2.76. The highest BCUT2D eigenvalue weighted by molar-refractivity contribution is 5.22. The first kappa shape index (κ1) is 9.53. The van der Waals surface area contributed by atoms with Gasteiger partial charge in [-0.2, -0.15) is 0 Å². The van der Waals surface area contributed by atoms with Crippen molar-refractivity contribution in [2.75, 3.05) is 6.61 Å². The van der Waals surface area contributed by atoms with E-state index in [0.29, 0.717) is 0 Å². The lowest BCUT2D eigenvalue weighted by Gasteiger charge is -2.13. The van der Waals surface area contributed by atoms with Crippen LogP contribution in [0, 0.1) is 0 Å². The van der Waals surface area contributed by atoms with Gasteiger partial charge in [0.15, 0.2) is 0 Å². The Balaban J connectivity index is 2.48. The Morgan fingerprint density at radius 1 is 1.33 bits per heavy atom. The third-order valence-electron chi connectivity index (χ3n) is 2.34. The van der Waals surface area contributed by atoms with E-state index in [0.717, 1.165) is 0 Å². The van der Waals surface area contributed by atoms with Crippen molar-refractivity contribution >= 4 is 0 Å². The predicted molar refractivity (Wildman–Crippen MR) is 52.0 cm³/mol. The SMILES string of the molecule is C/C(C=C1CCCCC1)=C\CO. The molecule has 0 saturated heterocycles. The van der Waals surface area contributed by atoms with E-state index in [2.05, 4.69) is 13.0 Å². The molecule has 0 heterocycles. The standard InChI is InChI=1S/C11H18O/c1-10(7-8-12)9-11-5-3-2-4-6-11/h7,9,12H,2-6,8H2,1H3/b10-7+. The third kappa shape index (κ3) is 3.22. The number of hydrogen-bond donors (Lipinski definition) is 1. The Hall–Kier alpha value is -0.560. The van der Waals surface area contributed by atoms with E-state index in [1.165, 1.54) is 37.7 Å². The zero-order valence-corrected chi connectivity index (χ0v) is 7.84. The fourth-order valence-corrected chi connectivity index (χ4v) is 1.68. The van der Waals surface area contributed by atoms with E-state index in [1.807, 2.05) is 6.08 Å². The number of aliphatic hydroxyl groups excluding tert-OH is 1. The van der Waals surface area contributed by atoms with Gasteiger partial charge in [-0.25, -0.2) is 0 Å². The molecule has 0 amide bonds. The van der Waals surface area contributed by atoms with Gasteiger partial charge < -0.3 is 5.11 Å². The summed E-state index contributed by atoms with van der Waals surface area (Å²) in [6, 6.07) is 0. The van der Waals surface area contributed by atoms with Crippen molar-refractivity contribution in [3.63, 3.8) is 0 Å². The molecule has 0 bridgehead atoms. The van der Waals surface area contributed by atoms with Crippen LogP contribution >= 0.6 is 0 Å². The molecule has 0 spiro atoms. The number of allylic oxidation sites excluding steroid dienone is 3. The molecule has 0 aromatic rings. The summed E-state index contributed by atoms with van der Waals surface area (Å²) in [5, 5.41) is 8.66. The average molecular weight is 166 g/mol. The quantitative estimate of drug-likeness (QED) is 0.668. The van der Waals surface area contributed by atoms with Crippen molar-refractivity contribution < 1.29 is 5.11 Å². The Morgan fingerprint density at radius 3 is 2.58 bits per heavy atom. The Labute approximate surface area is 74.8 Å². The molecule has 1 rings (SSSR count). The first-order valence-electron chi connectivity index (χ1n) is 4.80. The highest BCUT2D eigenvalue weighted by Crippen LogP contribution is 2.23. The van der Waals surface area contributed by atoms with Gasteiger partial charge in [0.2, 0.25) is 0 Å². The molecule has 1 aliphatic rings. The third-order valence-corrected chi connectivity index (χ3v) is 2.34. The number of aliphatic hydroxyl groups is 1. The molecule has 1 saturated carbocycles. The monoisotopic (exact) mass is 166 g/mol. The molecular weight excluding hydrogens is 148 g/mol. The van der Waals surface area contributed by atoms with Crippen LogP contribution < -0.4 is 0 Å². The second-order valence-corrected chi connectivity index (χ2v) is 3.49. The van der Waals surface area contributed by atoms with Crippen LogP contribution in [0.1, 0.15) is 39.0 Å². The average Bonchev–Trinajstić information content (AvgIpc) is 2.06. The highest BCUT2D eigenvalue weighted by atomic mass is 16.2. The number of hydrogen-bond acceptors (Lipinski definition) is 1. The highest BCUT2D eigenvalue weighted by Gasteiger charge is 2.04. The normalized spacial score (nSPS) is 19.5. The summed E-state index contributed by atoms with van der Waals surface area (Å²) in [6.45, 7) is 2.22. The maximum absolute atomic E-state index is 8.66. The van der Waals surface area contributed by atoms with Crippen molar-refractivity contribution in [3.8, 4) is 0 Å². The van der Waals surface area contributed by atoms with Crippen LogP contribution in [0.15, 0.2) is 23.3 Å². The van der Waals surface area contributed by atoms with Crippen LogP contribution in [0.5, 0.6) is 0 Å². The molecular formula is C11H18O. The molecule has 1 N–H and O–H groups in total. The predicted octanol–water partition coefficient (Wildman–Crippen LogP) is 2.82. The molecule has 1 nitrogen and oxygen atoms in total. The van der Waals surface area contributed by atoms with Gasteiger partial charge >= 0.3 is 0 Å². The molecule has 0 aromatic carbocycles. The summed E-state index contributed by atoms with van der Waals surface area (Å²) in [5.74, 6) is 0. The molecule has 1 aliphatic carbocycles. The first-order valence-corrected chi connectivity index (χ1v) is 4.80. The minimum Gasteiger partial charge on any atom is -0.392 e. The van der Waals surface area contributed by atoms with Gasteiger partial charge in [-0.1, -0.05) is 29.7 Å². The molecule has 12 heavy (non-hydrogen) atoms. The molecule has 0 unspecified atom stereocenters. The topological polar surface area (TPSA) is 20.2 Å². The van der Waals surface area contributed by atoms with E-state index in [4.69, 9.17) is 5.11 Å². The van der Waals surface area contributed by atoms with Gasteiger partial charge in [-0.15, -0.1) is 0 Å². The van der Waals surface area contributed by atoms with Gasteiger partial charge in [0.1, 0.15) is 0 Å². The molecule has 68 valence electrons. The first-order chi connectivity index (χ1) is 5.83. The van der Waals surface area contributed by atoms with E-state index in [1.54, 1.807) is 5.57 Å². The lowest BCUT2D eigenvalue weighted by atomic mass is 9.93. The van der Waals surface area contributed by atoms with Crippen molar-refractivity contribution in [1.82, 2.24) is 0 Å². The molecule has 1 fully saturated rings. The van der Waals surface area contributed by atoms with Crippen LogP contribution in [0.3, 0.4) is 0 Å². The van der Waals surface area contributed by atoms with Gasteiger partial charge in [0.05, 0.1) is 6.61 Å². The Bertz CT molecular complexity index is 181. The van der Waals surface area contributed by atoms with Crippen LogP contribution in [0.4, 0.5) is 0 Å². The van der Waals surface area contributed by atoms with Crippen LogP contribution in [-0.2, 0) is 0 Å². The second-order valence-electron chi connectivity index (χ2n) is 3.49. The lowest BCUT2D eigenvalue weighted by Crippen LogP contribution is -1.93. The van der Waals surface area contributed by atoms with Crippen molar-refractivity contribution in [2.45, 2.75) is 39.0 Å². The number of rotatable bonds is 2. The molecule has 0 atom stereocenters. The molecule has 0 aliphatic heterocycles.